The van der Waals surface area contributed by atoms with Gasteiger partial charge in [0.15, 0.2) is 0 Å². The highest BCUT2D eigenvalue weighted by Crippen LogP contribution is 2.20. The molecule has 0 unspecified atom stereocenters. The average molecular weight is 378 g/mol. The second kappa shape index (κ2) is 11.8. The molecule has 0 radical (unpaired) electrons. The summed E-state index contributed by atoms with van der Waals surface area (Å²) in [5.74, 6) is 0.119. The maximum Gasteiger partial charge on any atom is 0.434 e. The minimum atomic E-state index is -0.631. The van der Waals surface area contributed by atoms with Crippen molar-refractivity contribution in [2.45, 2.75) is 91.4 Å². The number of benzene rings is 1. The van der Waals surface area contributed by atoms with Crippen molar-refractivity contribution in [1.29, 1.82) is 0 Å². The molecule has 0 aromatic heterocycles. The van der Waals surface area contributed by atoms with Crippen molar-refractivity contribution < 1.29 is 19.2 Å². The molecule has 0 aliphatic carbocycles. The van der Waals surface area contributed by atoms with Crippen molar-refractivity contribution >= 4 is 11.9 Å². The van der Waals surface area contributed by atoms with Gasteiger partial charge in [0.05, 0.1) is 6.04 Å². The minimum Gasteiger partial charge on any atom is -0.442 e. The van der Waals surface area contributed by atoms with Gasteiger partial charge < -0.3 is 4.74 Å². The number of carbonyl (C=O) groups is 2. The number of hydrogen-bond acceptors (Lipinski definition) is 4. The summed E-state index contributed by atoms with van der Waals surface area (Å²) in [4.78, 5) is 30.8. The molecule has 0 fully saturated rings. The monoisotopic (exact) mass is 377 g/mol. The van der Waals surface area contributed by atoms with Crippen LogP contribution in [0.25, 0.3) is 0 Å². The summed E-state index contributed by atoms with van der Waals surface area (Å²) in [5, 5.41) is 1.29. The first-order chi connectivity index (χ1) is 12.8. The van der Waals surface area contributed by atoms with Crippen molar-refractivity contribution in [3.63, 3.8) is 0 Å². The fourth-order valence-corrected chi connectivity index (χ4v) is 2.67. The highest BCUT2D eigenvalue weighted by Gasteiger charge is 2.30. The summed E-state index contributed by atoms with van der Waals surface area (Å²) in [7, 11) is 0. The Hall–Kier alpha value is -1.88. The number of amides is 1. The zero-order valence-electron chi connectivity index (χ0n) is 17.5. The van der Waals surface area contributed by atoms with Gasteiger partial charge in [-0.15, -0.1) is 0 Å². The zero-order valence-corrected chi connectivity index (χ0v) is 17.5. The summed E-state index contributed by atoms with van der Waals surface area (Å²) in [6.07, 6.45) is 3.98. The van der Waals surface area contributed by atoms with E-state index in [1.54, 1.807) is 0 Å². The Bertz CT molecular complexity index is 565. The van der Waals surface area contributed by atoms with Gasteiger partial charge in [-0.25, -0.2) is 4.79 Å². The van der Waals surface area contributed by atoms with E-state index < -0.39 is 11.7 Å². The van der Waals surface area contributed by atoms with Crippen LogP contribution in [0.3, 0.4) is 0 Å². The van der Waals surface area contributed by atoms with Crippen LogP contribution >= 0.6 is 0 Å². The van der Waals surface area contributed by atoms with Gasteiger partial charge in [0.25, 0.3) is 0 Å². The molecule has 1 rings (SSSR count). The van der Waals surface area contributed by atoms with Gasteiger partial charge in [-0.05, 0) is 32.8 Å². The van der Waals surface area contributed by atoms with Crippen molar-refractivity contribution in [2.75, 3.05) is 0 Å². The molecule has 0 aliphatic rings. The third kappa shape index (κ3) is 9.57. The van der Waals surface area contributed by atoms with Gasteiger partial charge in [-0.1, -0.05) is 63.4 Å². The van der Waals surface area contributed by atoms with Crippen LogP contribution in [0.2, 0.25) is 0 Å². The van der Waals surface area contributed by atoms with E-state index in [4.69, 9.17) is 9.57 Å². The summed E-state index contributed by atoms with van der Waals surface area (Å²) >= 11 is 0. The molecule has 27 heavy (non-hydrogen) atoms. The number of carbonyl (C=O) groups excluding carboxylic acids is 2. The van der Waals surface area contributed by atoms with Crippen molar-refractivity contribution in [3.05, 3.63) is 35.9 Å². The van der Waals surface area contributed by atoms with E-state index in [2.05, 4.69) is 6.92 Å². The Morgan fingerprint density at radius 3 is 2.30 bits per heavy atom. The van der Waals surface area contributed by atoms with Gasteiger partial charge in [0.2, 0.25) is 0 Å². The first kappa shape index (κ1) is 23.2. The molecule has 0 N–H and O–H groups in total. The quantitative estimate of drug-likeness (QED) is 0.368. The van der Waals surface area contributed by atoms with Gasteiger partial charge in [0, 0.05) is 12.8 Å². The largest absolute Gasteiger partial charge is 0.442 e. The number of nitrogens with zero attached hydrogens (tertiary/aromatic N) is 1. The van der Waals surface area contributed by atoms with Crippen LogP contribution in [-0.4, -0.2) is 28.6 Å². The van der Waals surface area contributed by atoms with E-state index in [9.17, 15) is 9.59 Å². The molecule has 5 heteroatoms. The second-order valence-corrected chi connectivity index (χ2v) is 7.81. The fraction of sp³-hybridized carbons (Fsp3) is 0.636. The summed E-state index contributed by atoms with van der Waals surface area (Å²) in [6, 6.07) is 9.35. The van der Waals surface area contributed by atoms with Crippen molar-refractivity contribution in [1.82, 2.24) is 5.06 Å². The van der Waals surface area contributed by atoms with Crippen LogP contribution in [0, 0.1) is 0 Å². The topological polar surface area (TPSA) is 55.8 Å². The number of unbranched alkanes of at least 4 members (excludes halogenated alkanes) is 2. The number of rotatable bonds is 11. The van der Waals surface area contributed by atoms with Crippen LogP contribution in [0.5, 0.6) is 0 Å². The molecule has 5 nitrogen and oxygen atoms in total. The molecule has 0 bridgehead atoms. The third-order valence-corrected chi connectivity index (χ3v) is 4.12. The van der Waals surface area contributed by atoms with Crippen LogP contribution in [0.4, 0.5) is 4.79 Å². The molecule has 1 aromatic carbocycles. The highest BCUT2D eigenvalue weighted by atomic mass is 16.7. The maximum absolute atomic E-state index is 12.8. The number of ketones is 1. The maximum atomic E-state index is 12.8. The lowest BCUT2D eigenvalue weighted by Crippen LogP contribution is -2.44. The molecule has 1 aromatic rings. The Morgan fingerprint density at radius 2 is 1.74 bits per heavy atom. The lowest BCUT2D eigenvalue weighted by Gasteiger charge is -2.32. The molecule has 0 saturated carbocycles. The normalized spacial score (nSPS) is 12.5. The first-order valence-electron chi connectivity index (χ1n) is 9.97. The number of hydrogen-bond donors (Lipinski definition) is 0. The Labute approximate surface area is 164 Å². The summed E-state index contributed by atoms with van der Waals surface area (Å²) in [5.41, 5.74) is 0.328. The first-order valence-corrected chi connectivity index (χ1v) is 9.97. The molecular formula is C22H35NO4. The van der Waals surface area contributed by atoms with E-state index in [-0.39, 0.29) is 24.9 Å². The van der Waals surface area contributed by atoms with E-state index >= 15 is 0 Å². The van der Waals surface area contributed by atoms with Gasteiger partial charge in [-0.3, -0.25) is 9.63 Å². The standard InChI is InChI=1S/C22H35NO4/c1-6-8-10-15-19(16-20(24)7-2)23(21(25)27-22(3,4)5)26-17-18-13-11-9-12-14-18/h9,11-14,19H,6-8,10,15-17H2,1-5H3/t19-/m1/s1. The Kier molecular flexibility index (Phi) is 10.1. The van der Waals surface area contributed by atoms with E-state index in [1.807, 2.05) is 58.0 Å². The molecule has 0 aliphatic heterocycles. The molecule has 0 spiro atoms. The third-order valence-electron chi connectivity index (χ3n) is 4.12. The smallest absolute Gasteiger partial charge is 0.434 e. The summed E-state index contributed by atoms with van der Waals surface area (Å²) in [6.45, 7) is 9.69. The number of Topliss-reactive ketones (excluding diaryl/α,β-unsaturated/α-hetero) is 1. The van der Waals surface area contributed by atoms with Crippen LogP contribution in [-0.2, 0) is 21.0 Å². The van der Waals surface area contributed by atoms with E-state index in [0.717, 1.165) is 24.8 Å². The Morgan fingerprint density at radius 1 is 1.07 bits per heavy atom. The van der Waals surface area contributed by atoms with Crippen LogP contribution < -0.4 is 0 Å². The van der Waals surface area contributed by atoms with E-state index in [0.29, 0.717) is 12.8 Å². The lowest BCUT2D eigenvalue weighted by atomic mass is 10.0. The van der Waals surface area contributed by atoms with Gasteiger partial charge >= 0.3 is 6.09 Å². The molecule has 152 valence electrons. The molecule has 1 atom stereocenters. The van der Waals surface area contributed by atoms with Gasteiger partial charge in [-0.2, -0.15) is 5.06 Å². The van der Waals surface area contributed by atoms with E-state index in [1.165, 1.54) is 5.06 Å². The zero-order chi connectivity index (χ0) is 20.3. The predicted molar refractivity (Wildman–Crippen MR) is 107 cm³/mol. The van der Waals surface area contributed by atoms with Crippen LogP contribution in [0.15, 0.2) is 30.3 Å². The number of hydroxylamine groups is 2. The number of ether oxygens (including phenoxy) is 1. The van der Waals surface area contributed by atoms with Crippen LogP contribution in [0.1, 0.15) is 78.7 Å². The van der Waals surface area contributed by atoms with Crippen molar-refractivity contribution in [2.24, 2.45) is 0 Å². The SMILES string of the molecule is CCCCC[C@H](CC(=O)CC)N(OCc1ccccc1)C(=O)OC(C)(C)C. The molecule has 0 saturated heterocycles. The average Bonchev–Trinajstić information content (AvgIpc) is 2.61. The lowest BCUT2D eigenvalue weighted by molar-refractivity contribution is -0.182. The molecular weight excluding hydrogens is 342 g/mol. The predicted octanol–water partition coefficient (Wildman–Crippen LogP) is 5.67. The highest BCUT2D eigenvalue weighted by molar-refractivity contribution is 5.79. The fourth-order valence-electron chi connectivity index (χ4n) is 2.67. The van der Waals surface area contributed by atoms with Crippen molar-refractivity contribution in [3.8, 4) is 0 Å². The molecule has 1 amide bonds. The Balaban J connectivity index is 2.96. The minimum absolute atomic E-state index is 0.119. The molecule has 0 heterocycles. The summed E-state index contributed by atoms with van der Waals surface area (Å²) < 4.78 is 5.54. The second-order valence-electron chi connectivity index (χ2n) is 7.81. The van der Waals surface area contributed by atoms with Gasteiger partial charge in [0.1, 0.15) is 18.0 Å².